The molecule has 0 fully saturated rings. The molecule has 0 aliphatic carbocycles. The molecular formula is C14H17FN2O2S2. The van der Waals surface area contributed by atoms with Gasteiger partial charge in [-0.3, -0.25) is 0 Å². The molecule has 0 spiro atoms. The molecule has 1 heterocycles. The molecule has 0 aliphatic rings. The fraction of sp³-hybridized carbons (Fsp3) is 0.286. The van der Waals surface area contributed by atoms with Crippen molar-refractivity contribution < 1.29 is 12.8 Å². The Morgan fingerprint density at radius 2 is 1.95 bits per heavy atom. The molecule has 1 aromatic heterocycles. The number of hydrogen-bond donors (Lipinski definition) is 1. The first-order chi connectivity index (χ1) is 9.93. The predicted molar refractivity (Wildman–Crippen MR) is 82.1 cm³/mol. The van der Waals surface area contributed by atoms with Crippen LogP contribution in [0.3, 0.4) is 0 Å². The SMILES string of the molecule is CNCc1cc(S(=O)(=O)N(C)Cc2ccc(F)cc2)cs1. The van der Waals surface area contributed by atoms with Gasteiger partial charge in [-0.1, -0.05) is 12.1 Å². The normalized spacial score (nSPS) is 12.0. The highest BCUT2D eigenvalue weighted by Crippen LogP contribution is 2.23. The topological polar surface area (TPSA) is 49.4 Å². The van der Waals surface area contributed by atoms with Crippen molar-refractivity contribution in [2.75, 3.05) is 14.1 Å². The van der Waals surface area contributed by atoms with E-state index in [-0.39, 0.29) is 12.4 Å². The van der Waals surface area contributed by atoms with Crippen LogP contribution in [0.25, 0.3) is 0 Å². The molecule has 0 radical (unpaired) electrons. The number of sulfonamides is 1. The van der Waals surface area contributed by atoms with Gasteiger partial charge in [0.1, 0.15) is 5.82 Å². The summed E-state index contributed by atoms with van der Waals surface area (Å²) in [5.41, 5.74) is 0.744. The molecule has 7 heteroatoms. The molecule has 114 valence electrons. The lowest BCUT2D eigenvalue weighted by atomic mass is 10.2. The van der Waals surface area contributed by atoms with E-state index < -0.39 is 10.0 Å². The second-order valence-electron chi connectivity index (χ2n) is 4.67. The molecule has 0 unspecified atom stereocenters. The van der Waals surface area contributed by atoms with E-state index in [4.69, 9.17) is 0 Å². The maximum Gasteiger partial charge on any atom is 0.243 e. The molecular weight excluding hydrogens is 311 g/mol. The molecule has 0 amide bonds. The largest absolute Gasteiger partial charge is 0.315 e. The molecule has 2 rings (SSSR count). The van der Waals surface area contributed by atoms with Crippen LogP contribution in [0.2, 0.25) is 0 Å². The molecule has 2 aromatic rings. The van der Waals surface area contributed by atoms with Crippen LogP contribution >= 0.6 is 11.3 Å². The van der Waals surface area contributed by atoms with Crippen LogP contribution in [0.1, 0.15) is 10.4 Å². The summed E-state index contributed by atoms with van der Waals surface area (Å²) >= 11 is 1.41. The van der Waals surface area contributed by atoms with E-state index in [1.54, 1.807) is 23.6 Å². The summed E-state index contributed by atoms with van der Waals surface area (Å²) in [6.45, 7) is 0.849. The summed E-state index contributed by atoms with van der Waals surface area (Å²) in [5.74, 6) is -0.334. The van der Waals surface area contributed by atoms with Crippen molar-refractivity contribution in [1.29, 1.82) is 0 Å². The number of nitrogens with zero attached hydrogens (tertiary/aromatic N) is 1. The Morgan fingerprint density at radius 3 is 2.57 bits per heavy atom. The molecule has 1 aromatic carbocycles. The van der Waals surface area contributed by atoms with Crippen LogP contribution in [-0.4, -0.2) is 26.8 Å². The van der Waals surface area contributed by atoms with Crippen LogP contribution in [0.4, 0.5) is 4.39 Å². The number of nitrogens with one attached hydrogen (secondary N) is 1. The van der Waals surface area contributed by atoms with Gasteiger partial charge >= 0.3 is 0 Å². The van der Waals surface area contributed by atoms with E-state index in [0.717, 1.165) is 10.4 Å². The Labute approximate surface area is 128 Å². The maximum atomic E-state index is 12.9. The first-order valence-corrected chi connectivity index (χ1v) is 8.68. The van der Waals surface area contributed by atoms with Crippen molar-refractivity contribution >= 4 is 21.4 Å². The number of hydrogen-bond acceptors (Lipinski definition) is 4. The minimum atomic E-state index is -3.52. The molecule has 0 saturated carbocycles. The van der Waals surface area contributed by atoms with Crippen molar-refractivity contribution in [1.82, 2.24) is 9.62 Å². The minimum Gasteiger partial charge on any atom is -0.315 e. The average molecular weight is 328 g/mol. The molecule has 21 heavy (non-hydrogen) atoms. The third-order valence-electron chi connectivity index (χ3n) is 3.01. The van der Waals surface area contributed by atoms with E-state index in [2.05, 4.69) is 5.32 Å². The third-order valence-corrected chi connectivity index (χ3v) is 5.87. The van der Waals surface area contributed by atoms with Crippen molar-refractivity contribution in [2.45, 2.75) is 18.0 Å². The van der Waals surface area contributed by atoms with Crippen LogP contribution in [0.15, 0.2) is 40.6 Å². The summed E-state index contributed by atoms with van der Waals surface area (Å²) in [7, 11) is -0.187. The molecule has 0 bridgehead atoms. The number of halogens is 1. The fourth-order valence-electron chi connectivity index (χ4n) is 1.87. The van der Waals surface area contributed by atoms with Gasteiger partial charge in [-0.2, -0.15) is 4.31 Å². The lowest BCUT2D eigenvalue weighted by Gasteiger charge is -2.16. The highest BCUT2D eigenvalue weighted by atomic mass is 32.2. The summed E-state index contributed by atoms with van der Waals surface area (Å²) in [6, 6.07) is 7.50. The van der Waals surface area contributed by atoms with E-state index in [1.807, 2.05) is 7.05 Å². The van der Waals surface area contributed by atoms with E-state index in [9.17, 15) is 12.8 Å². The Kier molecular flexibility index (Phi) is 5.10. The number of rotatable bonds is 6. The van der Waals surface area contributed by atoms with Gasteiger partial charge in [0.25, 0.3) is 0 Å². The molecule has 4 nitrogen and oxygen atoms in total. The van der Waals surface area contributed by atoms with Crippen LogP contribution < -0.4 is 5.32 Å². The number of thiophene rings is 1. The minimum absolute atomic E-state index is 0.208. The second-order valence-corrected chi connectivity index (χ2v) is 7.71. The van der Waals surface area contributed by atoms with Gasteiger partial charge in [0.15, 0.2) is 0 Å². The van der Waals surface area contributed by atoms with Crippen LogP contribution in [-0.2, 0) is 23.1 Å². The van der Waals surface area contributed by atoms with Crippen LogP contribution in [0.5, 0.6) is 0 Å². The van der Waals surface area contributed by atoms with Gasteiger partial charge in [-0.05, 0) is 30.8 Å². The summed E-state index contributed by atoms with van der Waals surface area (Å²) < 4.78 is 39.0. The Balaban J connectivity index is 2.15. The van der Waals surface area contributed by atoms with E-state index in [1.165, 1.54) is 34.8 Å². The highest BCUT2D eigenvalue weighted by molar-refractivity contribution is 7.89. The standard InChI is InChI=1S/C14H17FN2O2S2/c1-16-8-13-7-14(10-20-13)21(18,19)17(2)9-11-3-5-12(15)6-4-11/h3-7,10,16H,8-9H2,1-2H3. The van der Waals surface area contributed by atoms with Gasteiger partial charge in [0.05, 0.1) is 4.90 Å². The zero-order valence-electron chi connectivity index (χ0n) is 11.8. The smallest absolute Gasteiger partial charge is 0.243 e. The van der Waals surface area contributed by atoms with Gasteiger partial charge in [-0.15, -0.1) is 11.3 Å². The molecule has 1 N–H and O–H groups in total. The summed E-state index contributed by atoms with van der Waals surface area (Å²) in [6.07, 6.45) is 0. The average Bonchev–Trinajstić information content (AvgIpc) is 2.91. The highest BCUT2D eigenvalue weighted by Gasteiger charge is 2.22. The zero-order valence-corrected chi connectivity index (χ0v) is 13.5. The molecule has 0 atom stereocenters. The summed E-state index contributed by atoms with van der Waals surface area (Å²) in [5, 5.41) is 4.63. The first-order valence-electron chi connectivity index (χ1n) is 6.36. The predicted octanol–water partition coefficient (Wildman–Crippen LogP) is 2.43. The zero-order chi connectivity index (χ0) is 15.5. The molecule has 0 saturated heterocycles. The quantitative estimate of drug-likeness (QED) is 0.886. The van der Waals surface area contributed by atoms with Crippen LogP contribution in [0, 0.1) is 5.82 Å². The third kappa shape index (κ3) is 3.88. The van der Waals surface area contributed by atoms with Crippen molar-refractivity contribution in [3.8, 4) is 0 Å². The Bertz CT molecular complexity index is 696. The van der Waals surface area contributed by atoms with Crippen molar-refractivity contribution in [3.63, 3.8) is 0 Å². The second kappa shape index (κ2) is 6.65. The Morgan fingerprint density at radius 1 is 1.29 bits per heavy atom. The van der Waals surface area contributed by atoms with Gasteiger partial charge < -0.3 is 5.32 Å². The summed E-state index contributed by atoms with van der Waals surface area (Å²) in [4.78, 5) is 1.26. The fourth-order valence-corrected chi connectivity index (χ4v) is 4.31. The Hall–Kier alpha value is -1.28. The van der Waals surface area contributed by atoms with Gasteiger partial charge in [0, 0.05) is 30.4 Å². The molecule has 0 aliphatic heterocycles. The monoisotopic (exact) mass is 328 g/mol. The van der Waals surface area contributed by atoms with Crippen molar-refractivity contribution in [3.05, 3.63) is 52.0 Å². The van der Waals surface area contributed by atoms with Crippen molar-refractivity contribution in [2.24, 2.45) is 0 Å². The number of benzene rings is 1. The van der Waals surface area contributed by atoms with E-state index >= 15 is 0 Å². The van der Waals surface area contributed by atoms with Gasteiger partial charge in [0.2, 0.25) is 10.0 Å². The maximum absolute atomic E-state index is 12.9. The lowest BCUT2D eigenvalue weighted by Crippen LogP contribution is -2.26. The first kappa shape index (κ1) is 16.1. The lowest BCUT2D eigenvalue weighted by molar-refractivity contribution is 0.466. The van der Waals surface area contributed by atoms with Gasteiger partial charge in [-0.25, -0.2) is 12.8 Å². The van der Waals surface area contributed by atoms with E-state index in [0.29, 0.717) is 11.4 Å².